The molecule has 4 rings (SSSR count). The third kappa shape index (κ3) is 4.30. The van der Waals surface area contributed by atoms with Crippen molar-refractivity contribution in [2.45, 2.75) is 12.8 Å². The fourth-order valence-electron chi connectivity index (χ4n) is 3.33. The summed E-state index contributed by atoms with van der Waals surface area (Å²) < 4.78 is 18.3. The van der Waals surface area contributed by atoms with Gasteiger partial charge in [0.15, 0.2) is 0 Å². The zero-order valence-electron chi connectivity index (χ0n) is 16.2. The minimum Gasteiger partial charge on any atom is -0.495 e. The van der Waals surface area contributed by atoms with Crippen molar-refractivity contribution in [1.29, 1.82) is 0 Å². The number of nitrogens with zero attached hydrogens (tertiary/aromatic N) is 3. The van der Waals surface area contributed by atoms with Crippen molar-refractivity contribution in [2.75, 3.05) is 23.9 Å². The number of methoxy groups -OCH3 is 1. The summed E-state index contributed by atoms with van der Waals surface area (Å²) >= 11 is 1.26. The van der Waals surface area contributed by atoms with Crippen LogP contribution in [0, 0.1) is 11.7 Å². The molecule has 2 heterocycles. The molecule has 1 N–H and O–H groups in total. The number of anilines is 2. The highest BCUT2D eigenvalue weighted by Crippen LogP contribution is 2.33. The second-order valence-electron chi connectivity index (χ2n) is 6.87. The Morgan fingerprint density at radius 1 is 1.23 bits per heavy atom. The average Bonchev–Trinajstić information content (AvgIpc) is 3.36. The van der Waals surface area contributed by atoms with E-state index in [-0.39, 0.29) is 30.6 Å². The van der Waals surface area contributed by atoms with Gasteiger partial charge in [-0.05, 0) is 29.8 Å². The zero-order valence-corrected chi connectivity index (χ0v) is 17.0. The van der Waals surface area contributed by atoms with Gasteiger partial charge in [0.1, 0.15) is 16.6 Å². The first kappa shape index (κ1) is 20.0. The van der Waals surface area contributed by atoms with E-state index in [1.165, 1.54) is 23.5 Å². The highest BCUT2D eigenvalue weighted by atomic mass is 32.1. The van der Waals surface area contributed by atoms with E-state index in [4.69, 9.17) is 4.74 Å². The average molecular weight is 426 g/mol. The Hall–Kier alpha value is -3.33. The fourth-order valence-corrected chi connectivity index (χ4v) is 4.11. The van der Waals surface area contributed by atoms with Crippen LogP contribution in [0.25, 0.3) is 0 Å². The third-order valence-corrected chi connectivity index (χ3v) is 5.68. The van der Waals surface area contributed by atoms with E-state index in [0.717, 1.165) is 5.56 Å². The third-order valence-electron chi connectivity index (χ3n) is 4.84. The lowest BCUT2D eigenvalue weighted by atomic mass is 10.1. The summed E-state index contributed by atoms with van der Waals surface area (Å²) in [5.41, 5.74) is 1.55. The molecule has 0 aliphatic carbocycles. The molecule has 7 nitrogen and oxygen atoms in total. The van der Waals surface area contributed by atoms with Gasteiger partial charge in [-0.1, -0.05) is 35.6 Å². The summed E-state index contributed by atoms with van der Waals surface area (Å²) in [5.74, 6) is -0.607. The molecule has 30 heavy (non-hydrogen) atoms. The summed E-state index contributed by atoms with van der Waals surface area (Å²) in [7, 11) is 1.54. The number of nitrogens with one attached hydrogen (secondary N) is 1. The van der Waals surface area contributed by atoms with Crippen LogP contribution >= 0.6 is 11.3 Å². The van der Waals surface area contributed by atoms with Crippen LogP contribution in [-0.4, -0.2) is 35.7 Å². The Morgan fingerprint density at radius 3 is 2.77 bits per heavy atom. The maximum atomic E-state index is 13.0. The minimum atomic E-state index is -0.494. The van der Waals surface area contributed by atoms with Crippen LogP contribution in [-0.2, 0) is 16.0 Å². The maximum absolute atomic E-state index is 13.0. The fraction of sp³-hybridized carbons (Fsp3) is 0.238. The van der Waals surface area contributed by atoms with E-state index < -0.39 is 5.92 Å². The molecule has 9 heteroatoms. The van der Waals surface area contributed by atoms with Crippen molar-refractivity contribution >= 4 is 34.0 Å². The molecule has 0 bridgehead atoms. The molecule has 0 saturated carbocycles. The molecule has 1 fully saturated rings. The van der Waals surface area contributed by atoms with Crippen LogP contribution in [0.4, 0.5) is 15.2 Å². The minimum absolute atomic E-state index is 0.116. The molecule has 2 amide bonds. The van der Waals surface area contributed by atoms with E-state index >= 15 is 0 Å². The topological polar surface area (TPSA) is 84.4 Å². The van der Waals surface area contributed by atoms with Gasteiger partial charge in [-0.25, -0.2) is 4.39 Å². The molecule has 0 radical (unpaired) electrons. The number of halogens is 1. The predicted octanol–water partition coefficient (Wildman–Crippen LogP) is 3.27. The molecule has 0 unspecified atom stereocenters. The lowest BCUT2D eigenvalue weighted by Gasteiger charge is -2.19. The van der Waals surface area contributed by atoms with E-state index in [0.29, 0.717) is 28.0 Å². The molecule has 3 aromatic rings. The van der Waals surface area contributed by atoms with Crippen LogP contribution in [0.2, 0.25) is 0 Å². The number of para-hydroxylation sites is 2. The Kier molecular flexibility index (Phi) is 5.71. The molecule has 1 aliphatic rings. The number of aromatic nitrogens is 2. The van der Waals surface area contributed by atoms with Crippen molar-refractivity contribution < 1.29 is 18.7 Å². The normalized spacial score (nSPS) is 16.0. The van der Waals surface area contributed by atoms with Gasteiger partial charge in [-0.2, -0.15) is 0 Å². The first-order valence-electron chi connectivity index (χ1n) is 9.34. The van der Waals surface area contributed by atoms with E-state index in [1.54, 1.807) is 36.3 Å². The number of hydrogen-bond donors (Lipinski definition) is 1. The summed E-state index contributed by atoms with van der Waals surface area (Å²) in [6.45, 7) is 0.270. The molecular weight excluding hydrogens is 407 g/mol. The molecule has 1 aromatic heterocycles. The monoisotopic (exact) mass is 426 g/mol. The van der Waals surface area contributed by atoms with Crippen molar-refractivity contribution in [3.05, 3.63) is 64.9 Å². The van der Waals surface area contributed by atoms with Gasteiger partial charge >= 0.3 is 0 Å². The molecule has 1 saturated heterocycles. The number of rotatable bonds is 6. The van der Waals surface area contributed by atoms with Crippen LogP contribution in [0.1, 0.15) is 17.0 Å². The van der Waals surface area contributed by atoms with Crippen LogP contribution in [0.15, 0.2) is 48.5 Å². The molecule has 0 spiro atoms. The molecule has 154 valence electrons. The van der Waals surface area contributed by atoms with Crippen LogP contribution < -0.4 is 15.0 Å². The maximum Gasteiger partial charge on any atom is 0.231 e. The van der Waals surface area contributed by atoms with Crippen LogP contribution in [0.5, 0.6) is 5.75 Å². The van der Waals surface area contributed by atoms with Gasteiger partial charge in [0.25, 0.3) is 0 Å². The number of benzene rings is 2. The first-order chi connectivity index (χ1) is 14.5. The highest BCUT2D eigenvalue weighted by molar-refractivity contribution is 7.15. The van der Waals surface area contributed by atoms with E-state index in [2.05, 4.69) is 15.5 Å². The summed E-state index contributed by atoms with van der Waals surface area (Å²) in [4.78, 5) is 26.7. The first-order valence-corrected chi connectivity index (χ1v) is 10.2. The number of carbonyl (C=O) groups is 2. The van der Waals surface area contributed by atoms with Gasteiger partial charge in [-0.15, -0.1) is 10.2 Å². The quantitative estimate of drug-likeness (QED) is 0.654. The lowest BCUT2D eigenvalue weighted by molar-refractivity contribution is -0.122. The molecule has 1 aliphatic heterocycles. The zero-order chi connectivity index (χ0) is 21.1. The largest absolute Gasteiger partial charge is 0.495 e. The van der Waals surface area contributed by atoms with E-state index in [9.17, 15) is 14.0 Å². The second-order valence-corrected chi connectivity index (χ2v) is 7.93. The van der Waals surface area contributed by atoms with Gasteiger partial charge in [0, 0.05) is 19.4 Å². The smallest absolute Gasteiger partial charge is 0.231 e. The Labute approximate surface area is 176 Å². The number of ether oxygens (including phenoxy) is 1. The van der Waals surface area contributed by atoms with Gasteiger partial charge in [0.05, 0.1) is 18.7 Å². The number of amides is 2. The Morgan fingerprint density at radius 2 is 2.00 bits per heavy atom. The number of hydrogen-bond acceptors (Lipinski definition) is 6. The molecular formula is C21H19FN4O3S. The van der Waals surface area contributed by atoms with Crippen molar-refractivity contribution in [3.8, 4) is 5.75 Å². The van der Waals surface area contributed by atoms with Gasteiger partial charge in [-0.3, -0.25) is 9.59 Å². The summed E-state index contributed by atoms with van der Waals surface area (Å²) in [6.07, 6.45) is 0.614. The number of carbonyl (C=O) groups excluding carboxylic acids is 2. The second kappa shape index (κ2) is 8.58. The van der Waals surface area contributed by atoms with Crippen molar-refractivity contribution in [2.24, 2.45) is 5.92 Å². The summed E-state index contributed by atoms with van der Waals surface area (Å²) in [6, 6.07) is 13.4. The van der Waals surface area contributed by atoms with Gasteiger partial charge in [0.2, 0.25) is 16.9 Å². The van der Waals surface area contributed by atoms with E-state index in [1.807, 2.05) is 12.1 Å². The van der Waals surface area contributed by atoms with Crippen LogP contribution in [0.3, 0.4) is 0 Å². The Bertz CT molecular complexity index is 1070. The van der Waals surface area contributed by atoms with Crippen molar-refractivity contribution in [1.82, 2.24) is 10.2 Å². The lowest BCUT2D eigenvalue weighted by Crippen LogP contribution is -2.28. The van der Waals surface area contributed by atoms with Gasteiger partial charge < -0.3 is 15.0 Å². The Balaban J connectivity index is 1.39. The SMILES string of the molecule is COc1ccccc1N1C[C@H](C(=O)Nc2nnc(Cc3ccc(F)cc3)s2)CC1=O. The summed E-state index contributed by atoms with van der Waals surface area (Å²) in [5, 5.41) is 11.9. The predicted molar refractivity (Wildman–Crippen MR) is 111 cm³/mol. The van der Waals surface area contributed by atoms with Crippen molar-refractivity contribution in [3.63, 3.8) is 0 Å². The molecule has 1 atom stereocenters. The highest BCUT2D eigenvalue weighted by Gasteiger charge is 2.36. The molecule has 2 aromatic carbocycles. The standard InChI is InChI=1S/C21H19FN4O3S/c1-29-17-5-3-2-4-16(17)26-12-14(11-19(26)27)20(28)23-21-25-24-18(30-21)10-13-6-8-15(22)9-7-13/h2-9,14H,10-12H2,1H3,(H,23,25,28)/t14-/m1/s1.